The zero-order chi connectivity index (χ0) is 23.8. The van der Waals surface area contributed by atoms with Gasteiger partial charge in [-0.05, 0) is 67.3 Å². The van der Waals surface area contributed by atoms with Crippen molar-refractivity contribution in [1.29, 1.82) is 0 Å². The van der Waals surface area contributed by atoms with E-state index in [0.29, 0.717) is 11.6 Å². The van der Waals surface area contributed by atoms with Crippen molar-refractivity contribution in [3.05, 3.63) is 83.7 Å². The average molecular weight is 469 g/mol. The van der Waals surface area contributed by atoms with Gasteiger partial charge in [0.15, 0.2) is 0 Å². The maximum absolute atomic E-state index is 13.5. The number of carbonyl (C=O) groups is 1. The molecule has 9 heteroatoms. The lowest BCUT2D eigenvalue weighted by Crippen LogP contribution is -2.34. The Morgan fingerprint density at radius 2 is 1.94 bits per heavy atom. The van der Waals surface area contributed by atoms with E-state index in [1.165, 1.54) is 9.81 Å². The number of fused-ring (bicyclic) bond motifs is 1. The molecule has 1 aromatic carbocycles. The van der Waals surface area contributed by atoms with Crippen molar-refractivity contribution in [2.75, 3.05) is 0 Å². The summed E-state index contributed by atoms with van der Waals surface area (Å²) in [5.41, 5.74) is 4.00. The van der Waals surface area contributed by atoms with E-state index < -0.39 is 0 Å². The van der Waals surface area contributed by atoms with Crippen molar-refractivity contribution in [2.24, 2.45) is 11.0 Å². The van der Waals surface area contributed by atoms with Crippen LogP contribution in [0.25, 0.3) is 17.5 Å². The third kappa shape index (κ3) is 4.09. The van der Waals surface area contributed by atoms with Crippen LogP contribution in [0.5, 0.6) is 0 Å². The first-order chi connectivity index (χ1) is 17.2. The van der Waals surface area contributed by atoms with Gasteiger partial charge in [-0.3, -0.25) is 4.79 Å². The second-order valence-electron chi connectivity index (χ2n) is 8.88. The van der Waals surface area contributed by atoms with Gasteiger partial charge in [-0.15, -0.1) is 10.2 Å². The molecule has 9 nitrogen and oxygen atoms in total. The smallest absolute Gasteiger partial charge is 0.267 e. The lowest BCUT2D eigenvalue weighted by molar-refractivity contribution is -0.135. The van der Waals surface area contributed by atoms with E-state index in [1.54, 1.807) is 12.5 Å². The van der Waals surface area contributed by atoms with Crippen LogP contribution in [-0.2, 0) is 11.3 Å². The van der Waals surface area contributed by atoms with Crippen molar-refractivity contribution in [3.8, 4) is 11.4 Å². The zero-order valence-electron chi connectivity index (χ0n) is 19.2. The van der Waals surface area contributed by atoms with Crippen molar-refractivity contribution >= 4 is 17.7 Å². The predicted molar refractivity (Wildman–Crippen MR) is 128 cm³/mol. The summed E-state index contributed by atoms with van der Waals surface area (Å²) in [7, 11) is 0. The second-order valence-corrected chi connectivity index (χ2v) is 8.88. The van der Waals surface area contributed by atoms with Gasteiger partial charge in [0.1, 0.15) is 24.1 Å². The summed E-state index contributed by atoms with van der Waals surface area (Å²) in [4.78, 5) is 14.8. The van der Waals surface area contributed by atoms with Crippen molar-refractivity contribution in [1.82, 2.24) is 25.2 Å². The van der Waals surface area contributed by atoms with Gasteiger partial charge in [-0.1, -0.05) is 29.8 Å². The molecule has 1 amide bonds. The highest BCUT2D eigenvalue weighted by Gasteiger charge is 2.45. The van der Waals surface area contributed by atoms with Crippen molar-refractivity contribution in [3.63, 3.8) is 0 Å². The number of hydrogen-bond acceptors (Lipinski definition) is 7. The fraction of sp³-hybridized carbons (Fsp3) is 0.269. The largest absolute Gasteiger partial charge is 0.467 e. The van der Waals surface area contributed by atoms with Crippen molar-refractivity contribution < 1.29 is 13.6 Å². The Labute approximate surface area is 201 Å². The van der Waals surface area contributed by atoms with E-state index in [9.17, 15) is 4.79 Å². The molecule has 2 aliphatic rings. The molecular formula is C26H24N6O3. The number of nitrogens with zero attached hydrogens (tertiary/aromatic N) is 6. The van der Waals surface area contributed by atoms with Gasteiger partial charge in [0, 0.05) is 11.5 Å². The molecule has 0 saturated heterocycles. The predicted octanol–water partition coefficient (Wildman–Crippen LogP) is 4.66. The number of benzene rings is 1. The SMILES string of the molecule is Cc1ccc(-c2nnn(CC(=O)N3N=C4/C(=C/c5ccco5)CCCC4C3c3ccco3)n2)cc1. The normalized spacial score (nSPS) is 20.8. The molecule has 0 N–H and O–H groups in total. The second kappa shape index (κ2) is 8.83. The number of tetrazole rings is 1. The first kappa shape index (κ1) is 21.3. The number of amides is 1. The summed E-state index contributed by atoms with van der Waals surface area (Å²) in [5.74, 6) is 1.79. The molecule has 1 aliphatic heterocycles. The molecule has 4 heterocycles. The Morgan fingerprint density at radius 1 is 1.11 bits per heavy atom. The summed E-state index contributed by atoms with van der Waals surface area (Å²) in [6.45, 7) is 1.95. The number of aromatic nitrogens is 4. The van der Waals surface area contributed by atoms with E-state index in [-0.39, 0.29) is 24.4 Å². The van der Waals surface area contributed by atoms with Gasteiger partial charge in [0.25, 0.3) is 5.91 Å². The number of furan rings is 2. The first-order valence-corrected chi connectivity index (χ1v) is 11.7. The highest BCUT2D eigenvalue weighted by molar-refractivity contribution is 6.07. The van der Waals surface area contributed by atoms with Crippen LogP contribution >= 0.6 is 0 Å². The fourth-order valence-corrected chi connectivity index (χ4v) is 4.81. The molecule has 2 atom stereocenters. The first-order valence-electron chi connectivity index (χ1n) is 11.7. The Morgan fingerprint density at radius 3 is 2.71 bits per heavy atom. The van der Waals surface area contributed by atoms with Gasteiger partial charge in [-0.25, -0.2) is 5.01 Å². The minimum absolute atomic E-state index is 0.0480. The minimum Gasteiger partial charge on any atom is -0.467 e. The van der Waals surface area contributed by atoms with Crippen LogP contribution in [-0.4, -0.2) is 36.8 Å². The van der Waals surface area contributed by atoms with Crippen LogP contribution in [0.1, 0.15) is 42.4 Å². The molecule has 1 saturated carbocycles. The maximum atomic E-state index is 13.5. The molecular weight excluding hydrogens is 444 g/mol. The van der Waals surface area contributed by atoms with Crippen LogP contribution in [0.2, 0.25) is 0 Å². The molecule has 0 bridgehead atoms. The Bertz CT molecular complexity index is 1380. The monoisotopic (exact) mass is 468 g/mol. The van der Waals surface area contributed by atoms with E-state index in [2.05, 4.69) is 15.4 Å². The topological polar surface area (TPSA) is 103 Å². The van der Waals surface area contributed by atoms with E-state index in [1.807, 2.05) is 61.5 Å². The summed E-state index contributed by atoms with van der Waals surface area (Å²) in [6, 6.07) is 15.1. The molecule has 6 rings (SSSR count). The van der Waals surface area contributed by atoms with Gasteiger partial charge >= 0.3 is 0 Å². The lowest BCUT2D eigenvalue weighted by atomic mass is 9.79. The van der Waals surface area contributed by atoms with Gasteiger partial charge in [0.2, 0.25) is 5.82 Å². The van der Waals surface area contributed by atoms with Gasteiger partial charge in [-0.2, -0.15) is 9.90 Å². The molecule has 0 spiro atoms. The lowest BCUT2D eigenvalue weighted by Gasteiger charge is -2.27. The Kier molecular flexibility index (Phi) is 5.36. The molecule has 1 aliphatic carbocycles. The molecule has 4 aromatic rings. The molecule has 2 unspecified atom stereocenters. The number of hydrogen-bond donors (Lipinski definition) is 0. The average Bonchev–Trinajstić information content (AvgIpc) is 3.66. The van der Waals surface area contributed by atoms with Crippen LogP contribution in [0.4, 0.5) is 0 Å². The number of hydrazone groups is 1. The van der Waals surface area contributed by atoms with E-state index >= 15 is 0 Å². The van der Waals surface area contributed by atoms with E-state index in [4.69, 9.17) is 13.9 Å². The highest BCUT2D eigenvalue weighted by Crippen LogP contribution is 2.44. The quantitative estimate of drug-likeness (QED) is 0.422. The van der Waals surface area contributed by atoms with Crippen LogP contribution in [0.3, 0.4) is 0 Å². The number of rotatable bonds is 5. The number of carbonyl (C=O) groups excluding carboxylic acids is 1. The standard InChI is InChI=1S/C26H24N6O3/c1-17-9-11-18(12-10-17)26-27-30-31(29-26)16-23(33)32-25(22-8-4-14-35-22)21-7-2-5-19(24(21)28-32)15-20-6-3-13-34-20/h3-4,6,8-15,21,25H,2,5,7,16H2,1H3/b19-15+. The van der Waals surface area contributed by atoms with Crippen LogP contribution in [0, 0.1) is 12.8 Å². The zero-order valence-corrected chi connectivity index (χ0v) is 19.2. The molecule has 1 fully saturated rings. The fourth-order valence-electron chi connectivity index (χ4n) is 4.81. The van der Waals surface area contributed by atoms with Gasteiger partial charge in [0.05, 0.1) is 18.2 Å². The molecule has 176 valence electrons. The molecule has 3 aromatic heterocycles. The number of allylic oxidation sites excluding steroid dienone is 1. The summed E-state index contributed by atoms with van der Waals surface area (Å²) < 4.78 is 11.3. The minimum atomic E-state index is -0.312. The van der Waals surface area contributed by atoms with Crippen molar-refractivity contribution in [2.45, 2.75) is 38.8 Å². The summed E-state index contributed by atoms with van der Waals surface area (Å²) in [5, 5.41) is 19.0. The van der Waals surface area contributed by atoms with E-state index in [0.717, 1.165) is 47.4 Å². The highest BCUT2D eigenvalue weighted by atomic mass is 16.3. The molecule has 35 heavy (non-hydrogen) atoms. The maximum Gasteiger partial charge on any atom is 0.267 e. The summed E-state index contributed by atoms with van der Waals surface area (Å²) >= 11 is 0. The third-order valence-corrected chi connectivity index (χ3v) is 6.49. The number of aryl methyl sites for hydroxylation is 1. The van der Waals surface area contributed by atoms with Crippen LogP contribution < -0.4 is 0 Å². The third-order valence-electron chi connectivity index (χ3n) is 6.49. The molecule has 0 radical (unpaired) electrons. The van der Waals surface area contributed by atoms with Crippen LogP contribution in [0.15, 0.2) is 80.6 Å². The van der Waals surface area contributed by atoms with Gasteiger partial charge < -0.3 is 8.83 Å². The Balaban J connectivity index is 1.29. The summed E-state index contributed by atoms with van der Waals surface area (Å²) in [6.07, 6.45) is 8.10. The Hall–Kier alpha value is -4.27.